The van der Waals surface area contributed by atoms with Crippen LogP contribution in [0.1, 0.15) is 17.0 Å². The van der Waals surface area contributed by atoms with Gasteiger partial charge >= 0.3 is 0 Å². The van der Waals surface area contributed by atoms with Gasteiger partial charge in [0.05, 0.1) is 7.11 Å². The molecule has 2 heterocycles. The van der Waals surface area contributed by atoms with Crippen molar-refractivity contribution in [3.8, 4) is 11.5 Å². The van der Waals surface area contributed by atoms with Gasteiger partial charge in [0.15, 0.2) is 6.61 Å². The van der Waals surface area contributed by atoms with Gasteiger partial charge in [-0.1, -0.05) is 11.6 Å². The van der Waals surface area contributed by atoms with Gasteiger partial charge < -0.3 is 14.5 Å². The molecule has 9 nitrogen and oxygen atoms in total. The van der Waals surface area contributed by atoms with Gasteiger partial charge in [-0.3, -0.25) is 20.4 Å². The van der Waals surface area contributed by atoms with Gasteiger partial charge in [-0.15, -0.1) is 0 Å². The van der Waals surface area contributed by atoms with Gasteiger partial charge in [0.2, 0.25) is 11.9 Å². The first-order valence-electron chi connectivity index (χ1n) is 11.4. The number of anilines is 1. The van der Waals surface area contributed by atoms with Crippen LogP contribution in [0.3, 0.4) is 0 Å². The molecule has 0 atom stereocenters. The molecule has 4 rings (SSSR count). The molecule has 2 aromatic heterocycles. The molecule has 0 aliphatic rings. The minimum atomic E-state index is -0.375. The highest BCUT2D eigenvalue weighted by molar-refractivity contribution is 6.30. The average Bonchev–Trinajstić information content (AvgIpc) is 3.25. The summed E-state index contributed by atoms with van der Waals surface area (Å²) in [7, 11) is 1.64. The predicted molar refractivity (Wildman–Crippen MR) is 141 cm³/mol. The number of aromatic nitrogens is 3. The monoisotopic (exact) mass is 506 g/mol. The number of benzene rings is 2. The molecule has 1 amide bonds. The maximum absolute atomic E-state index is 12.6. The summed E-state index contributed by atoms with van der Waals surface area (Å²) in [4.78, 5) is 29.2. The number of aliphatic imine (C=N–C) groups is 1. The normalized spacial score (nSPS) is 11.4. The summed E-state index contributed by atoms with van der Waals surface area (Å²) in [6.45, 7) is 3.98. The molecule has 36 heavy (non-hydrogen) atoms. The molecular weight excluding hydrogens is 480 g/mol. The zero-order valence-electron chi connectivity index (χ0n) is 20.3. The Balaban J connectivity index is 1.45. The molecule has 10 heteroatoms. The van der Waals surface area contributed by atoms with Crippen molar-refractivity contribution in [2.75, 3.05) is 25.6 Å². The number of carbonyl (C=O) groups is 1. The molecule has 3 N–H and O–H groups in total. The number of aromatic amines is 1. The molecular formula is C26H27ClN6O3. The number of nitrogens with one attached hydrogen (secondary N) is 3. The highest BCUT2D eigenvalue weighted by Crippen LogP contribution is 2.23. The standard InChI is InChI=1S/C26H27ClN6O3/c1-16-12-17(2)31-26(30-16)33-25(32-24(34)15-36-20-6-4-19(27)5-7-20)28-11-10-18-14-29-23-13-21(35-3)8-9-22(18)23/h4-9,12-14,29H,10-11,15H2,1-3H3,(H2,28,30,31,32,33,34). The van der Waals surface area contributed by atoms with Crippen molar-refractivity contribution >= 4 is 40.3 Å². The summed E-state index contributed by atoms with van der Waals surface area (Å²) in [6, 6.07) is 14.5. The fourth-order valence-corrected chi connectivity index (χ4v) is 3.76. The van der Waals surface area contributed by atoms with E-state index in [0.29, 0.717) is 29.7 Å². The molecule has 0 fully saturated rings. The Labute approximate surface area is 213 Å². The van der Waals surface area contributed by atoms with Crippen LogP contribution in [0.25, 0.3) is 10.9 Å². The highest BCUT2D eigenvalue weighted by atomic mass is 35.5. The predicted octanol–water partition coefficient (Wildman–Crippen LogP) is 4.44. The van der Waals surface area contributed by atoms with Gasteiger partial charge in [0, 0.05) is 46.1 Å². The van der Waals surface area contributed by atoms with E-state index < -0.39 is 0 Å². The first kappa shape index (κ1) is 25.0. The van der Waals surface area contributed by atoms with E-state index in [1.165, 1.54) is 0 Å². The lowest BCUT2D eigenvalue weighted by molar-refractivity contribution is -0.121. The van der Waals surface area contributed by atoms with Crippen molar-refractivity contribution in [1.29, 1.82) is 0 Å². The van der Waals surface area contributed by atoms with Crippen LogP contribution in [-0.4, -0.2) is 47.1 Å². The molecule has 2 aromatic carbocycles. The molecule has 0 spiro atoms. The van der Waals surface area contributed by atoms with E-state index in [-0.39, 0.29) is 18.5 Å². The number of methoxy groups -OCH3 is 1. The van der Waals surface area contributed by atoms with Gasteiger partial charge in [-0.2, -0.15) is 0 Å². The van der Waals surface area contributed by atoms with Crippen molar-refractivity contribution in [3.05, 3.63) is 76.7 Å². The number of rotatable bonds is 8. The van der Waals surface area contributed by atoms with Crippen LogP contribution in [0.5, 0.6) is 11.5 Å². The van der Waals surface area contributed by atoms with E-state index >= 15 is 0 Å². The highest BCUT2D eigenvalue weighted by Gasteiger charge is 2.11. The average molecular weight is 507 g/mol. The van der Waals surface area contributed by atoms with Gasteiger partial charge in [-0.25, -0.2) is 9.97 Å². The van der Waals surface area contributed by atoms with Crippen molar-refractivity contribution < 1.29 is 14.3 Å². The van der Waals surface area contributed by atoms with Gasteiger partial charge in [0.1, 0.15) is 11.5 Å². The second-order valence-corrected chi connectivity index (χ2v) is 8.53. The van der Waals surface area contributed by atoms with Crippen LogP contribution in [0.15, 0.2) is 59.7 Å². The number of fused-ring (bicyclic) bond motifs is 1. The molecule has 0 aliphatic carbocycles. The first-order valence-corrected chi connectivity index (χ1v) is 11.7. The fourth-order valence-electron chi connectivity index (χ4n) is 3.63. The van der Waals surface area contributed by atoms with E-state index in [4.69, 9.17) is 21.1 Å². The fraction of sp³-hybridized carbons (Fsp3) is 0.231. The lowest BCUT2D eigenvalue weighted by Gasteiger charge is -2.12. The molecule has 0 saturated carbocycles. The van der Waals surface area contributed by atoms with E-state index in [9.17, 15) is 4.79 Å². The minimum absolute atomic E-state index is 0.194. The van der Waals surface area contributed by atoms with Crippen molar-refractivity contribution in [2.45, 2.75) is 20.3 Å². The summed E-state index contributed by atoms with van der Waals surface area (Å²) in [5.74, 6) is 1.54. The summed E-state index contributed by atoms with van der Waals surface area (Å²) < 4.78 is 10.8. The van der Waals surface area contributed by atoms with E-state index in [1.54, 1.807) is 31.4 Å². The molecule has 4 aromatic rings. The Kier molecular flexibility index (Phi) is 8.02. The molecule has 0 radical (unpaired) electrons. The summed E-state index contributed by atoms with van der Waals surface area (Å²) >= 11 is 5.90. The number of hydrogen-bond donors (Lipinski definition) is 3. The number of halogens is 1. The Morgan fingerprint density at radius 1 is 1.06 bits per heavy atom. The van der Waals surface area contributed by atoms with Crippen LogP contribution < -0.4 is 20.1 Å². The van der Waals surface area contributed by atoms with Crippen LogP contribution in [0, 0.1) is 13.8 Å². The summed E-state index contributed by atoms with van der Waals surface area (Å²) in [5, 5.41) is 7.48. The minimum Gasteiger partial charge on any atom is -0.497 e. The van der Waals surface area contributed by atoms with E-state index in [0.717, 1.165) is 33.6 Å². The number of hydrogen-bond acceptors (Lipinski definition) is 6. The summed E-state index contributed by atoms with van der Waals surface area (Å²) in [5.41, 5.74) is 3.70. The Bertz CT molecular complexity index is 1360. The Hall–Kier alpha value is -4.11. The Morgan fingerprint density at radius 2 is 1.78 bits per heavy atom. The maximum atomic E-state index is 12.6. The molecule has 186 valence electrons. The largest absolute Gasteiger partial charge is 0.497 e. The second-order valence-electron chi connectivity index (χ2n) is 8.10. The third-order valence-corrected chi connectivity index (χ3v) is 5.53. The quantitative estimate of drug-likeness (QED) is 0.240. The maximum Gasteiger partial charge on any atom is 0.264 e. The smallest absolute Gasteiger partial charge is 0.264 e. The third-order valence-electron chi connectivity index (χ3n) is 5.28. The first-order chi connectivity index (χ1) is 17.4. The zero-order chi connectivity index (χ0) is 25.5. The number of guanidine groups is 1. The molecule has 0 unspecified atom stereocenters. The molecule has 0 bridgehead atoms. The number of aryl methyl sites for hydroxylation is 2. The third kappa shape index (κ3) is 6.73. The SMILES string of the molecule is COc1ccc2c(CCN=C(NC(=O)COc3ccc(Cl)cc3)Nc3nc(C)cc(C)n3)c[nH]c2c1. The number of carbonyl (C=O) groups excluding carboxylic acids is 1. The Morgan fingerprint density at radius 3 is 2.50 bits per heavy atom. The molecule has 0 saturated heterocycles. The topological polar surface area (TPSA) is 114 Å². The van der Waals surface area contributed by atoms with E-state index in [2.05, 4.69) is 30.6 Å². The lowest BCUT2D eigenvalue weighted by Crippen LogP contribution is -2.39. The lowest BCUT2D eigenvalue weighted by atomic mass is 10.1. The number of amides is 1. The van der Waals surface area contributed by atoms with Crippen LogP contribution in [0.4, 0.5) is 5.95 Å². The van der Waals surface area contributed by atoms with Crippen LogP contribution in [-0.2, 0) is 11.2 Å². The van der Waals surface area contributed by atoms with Gasteiger partial charge in [0.25, 0.3) is 5.91 Å². The number of ether oxygens (including phenoxy) is 2. The number of H-pyrrole nitrogens is 1. The molecule has 0 aliphatic heterocycles. The van der Waals surface area contributed by atoms with Crippen LogP contribution in [0.2, 0.25) is 5.02 Å². The zero-order valence-corrected chi connectivity index (χ0v) is 21.0. The summed E-state index contributed by atoms with van der Waals surface area (Å²) in [6.07, 6.45) is 2.61. The number of nitrogens with zero attached hydrogens (tertiary/aromatic N) is 3. The van der Waals surface area contributed by atoms with Crippen molar-refractivity contribution in [3.63, 3.8) is 0 Å². The van der Waals surface area contributed by atoms with Crippen molar-refractivity contribution in [1.82, 2.24) is 20.3 Å². The van der Waals surface area contributed by atoms with Crippen molar-refractivity contribution in [2.24, 2.45) is 4.99 Å². The van der Waals surface area contributed by atoms with Crippen LogP contribution >= 0.6 is 11.6 Å². The second kappa shape index (κ2) is 11.5. The van der Waals surface area contributed by atoms with E-state index in [1.807, 2.05) is 44.3 Å². The van der Waals surface area contributed by atoms with Gasteiger partial charge in [-0.05, 0) is 68.3 Å².